The number of nitrogens with two attached hydrogens (primary N) is 4. The van der Waals surface area contributed by atoms with Gasteiger partial charge in [0.1, 0.15) is 30.5 Å². The van der Waals surface area contributed by atoms with E-state index in [0.717, 1.165) is 0 Å². The highest BCUT2D eigenvalue weighted by Gasteiger charge is 2.34. The van der Waals surface area contributed by atoms with Crippen LogP contribution in [0.2, 0.25) is 0 Å². The summed E-state index contributed by atoms with van der Waals surface area (Å²) in [5, 5.41) is 57.9. The smallest absolute Gasteiger partial charge is 0.278 e. The van der Waals surface area contributed by atoms with Gasteiger partial charge in [-0.2, -0.15) is 0 Å². The van der Waals surface area contributed by atoms with Crippen molar-refractivity contribution < 1.29 is 49.6 Å². The van der Waals surface area contributed by atoms with Gasteiger partial charge in [-0.05, 0) is 13.3 Å². The van der Waals surface area contributed by atoms with Crippen LogP contribution in [0.25, 0.3) is 0 Å². The molecule has 0 amide bonds. The molecule has 0 aliphatic carbocycles. The van der Waals surface area contributed by atoms with Crippen molar-refractivity contribution in [2.24, 2.45) is 22.9 Å². The third kappa shape index (κ3) is 9.20. The molecule has 14 heteroatoms. The van der Waals surface area contributed by atoms with Gasteiger partial charge in [-0.1, -0.05) is 0 Å². The van der Waals surface area contributed by atoms with Gasteiger partial charge < -0.3 is 72.5 Å². The Hall–Kier alpha value is -1.14. The number of aliphatic hydroxyl groups is 6. The maximum Gasteiger partial charge on any atom is 0.278 e. The molecular formula is C19H40N4O10. The zero-order valence-corrected chi connectivity index (χ0v) is 18.7. The van der Waals surface area contributed by atoms with Crippen LogP contribution in [-0.2, 0) is 18.9 Å². The largest absolute Gasteiger partial charge is 0.461 e. The number of hydrogen-bond donors (Lipinski definition) is 10. The molecule has 196 valence electrons. The maximum absolute atomic E-state index is 9.88. The minimum absolute atomic E-state index is 0.0306. The lowest BCUT2D eigenvalue weighted by Gasteiger charge is -2.34. The first kappa shape index (κ1) is 29.9. The second-order valence-electron chi connectivity index (χ2n) is 7.87. The summed E-state index contributed by atoms with van der Waals surface area (Å²) >= 11 is 0. The average molecular weight is 485 g/mol. The standard InChI is InChI=1S/C19H40N4O10/c1-9(30-17-3-12(27)19(29)14(5-21)31-17)10(22)2-11(23)15(6-24)32-18(8-26)33-16(7-25)13(28)4-20/h3,9-16,18-19,24-29H,2,4-8,20-23H2,1H3/t9?,10-,11?,12?,13-,14?,15+,16?,18-,19-/m0/s1. The summed E-state index contributed by atoms with van der Waals surface area (Å²) in [5.74, 6) is -0.0306. The molecule has 0 bridgehead atoms. The Morgan fingerprint density at radius 1 is 1.00 bits per heavy atom. The SMILES string of the molecule is CC(OC1=CC(O)[C@H](O)C(CN)O1)[C@@H](N)CC(N)[C@@H](CO)O[C@H](CO)OC(CO)[C@@H](O)CN. The Balaban J connectivity index is 2.66. The molecule has 0 aromatic rings. The quantitative estimate of drug-likeness (QED) is 0.0918. The molecule has 0 radical (unpaired) electrons. The van der Waals surface area contributed by atoms with Gasteiger partial charge in [-0.3, -0.25) is 0 Å². The van der Waals surface area contributed by atoms with E-state index in [1.807, 2.05) is 0 Å². The molecule has 0 saturated heterocycles. The van der Waals surface area contributed by atoms with Crippen LogP contribution in [0.4, 0.5) is 0 Å². The van der Waals surface area contributed by atoms with Crippen LogP contribution in [0.5, 0.6) is 0 Å². The molecule has 0 aromatic heterocycles. The number of rotatable bonds is 16. The van der Waals surface area contributed by atoms with E-state index in [9.17, 15) is 30.6 Å². The summed E-state index contributed by atoms with van der Waals surface area (Å²) in [6.45, 7) is -0.296. The molecule has 14 nitrogen and oxygen atoms in total. The van der Waals surface area contributed by atoms with Gasteiger partial charge >= 0.3 is 0 Å². The van der Waals surface area contributed by atoms with Crippen LogP contribution in [0.3, 0.4) is 0 Å². The number of aliphatic hydroxyl groups excluding tert-OH is 6. The molecule has 1 rings (SSSR count). The van der Waals surface area contributed by atoms with Crippen LogP contribution in [0, 0.1) is 0 Å². The van der Waals surface area contributed by atoms with Crippen LogP contribution in [-0.4, -0.2) is 125 Å². The molecule has 14 N–H and O–H groups in total. The lowest BCUT2D eigenvalue weighted by Crippen LogP contribution is -2.50. The molecule has 0 saturated carbocycles. The lowest BCUT2D eigenvalue weighted by molar-refractivity contribution is -0.237. The molecule has 1 heterocycles. The summed E-state index contributed by atoms with van der Waals surface area (Å²) in [7, 11) is 0. The highest BCUT2D eigenvalue weighted by Crippen LogP contribution is 2.21. The normalized spacial score (nSPS) is 27.5. The van der Waals surface area contributed by atoms with Gasteiger partial charge in [-0.25, -0.2) is 0 Å². The third-order valence-corrected chi connectivity index (χ3v) is 5.30. The Morgan fingerprint density at radius 3 is 2.12 bits per heavy atom. The van der Waals surface area contributed by atoms with Crippen molar-refractivity contribution in [3.05, 3.63) is 12.0 Å². The van der Waals surface area contributed by atoms with Crippen molar-refractivity contribution in [2.75, 3.05) is 32.9 Å². The molecule has 0 spiro atoms. The minimum Gasteiger partial charge on any atom is -0.461 e. The zero-order valence-electron chi connectivity index (χ0n) is 18.7. The van der Waals surface area contributed by atoms with Crippen LogP contribution in [0.15, 0.2) is 12.0 Å². The maximum atomic E-state index is 9.88. The second kappa shape index (κ2) is 15.0. The molecule has 1 aliphatic rings. The van der Waals surface area contributed by atoms with E-state index in [1.54, 1.807) is 6.92 Å². The summed E-state index contributed by atoms with van der Waals surface area (Å²) in [6, 6.07) is -1.48. The van der Waals surface area contributed by atoms with Crippen molar-refractivity contribution >= 4 is 0 Å². The Bertz CT molecular complexity index is 575. The lowest BCUT2D eigenvalue weighted by atomic mass is 10.00. The van der Waals surface area contributed by atoms with Gasteiger partial charge in [0.05, 0.1) is 32.0 Å². The zero-order chi connectivity index (χ0) is 25.1. The predicted molar refractivity (Wildman–Crippen MR) is 115 cm³/mol. The fourth-order valence-electron chi connectivity index (χ4n) is 3.09. The monoisotopic (exact) mass is 484 g/mol. The highest BCUT2D eigenvalue weighted by atomic mass is 16.7. The van der Waals surface area contributed by atoms with Gasteiger partial charge in [0.2, 0.25) is 0 Å². The van der Waals surface area contributed by atoms with E-state index in [-0.39, 0.29) is 25.5 Å². The van der Waals surface area contributed by atoms with Gasteiger partial charge in [0.15, 0.2) is 6.29 Å². The van der Waals surface area contributed by atoms with Crippen molar-refractivity contribution in [2.45, 2.75) is 74.4 Å². The molecule has 33 heavy (non-hydrogen) atoms. The van der Waals surface area contributed by atoms with Crippen molar-refractivity contribution in [3.63, 3.8) is 0 Å². The Labute approximate surface area is 192 Å². The van der Waals surface area contributed by atoms with E-state index in [0.29, 0.717) is 0 Å². The number of ether oxygens (including phenoxy) is 4. The predicted octanol–water partition coefficient (Wildman–Crippen LogP) is -5.25. The summed E-state index contributed by atoms with van der Waals surface area (Å²) < 4.78 is 21.9. The fourth-order valence-corrected chi connectivity index (χ4v) is 3.09. The Kier molecular flexibility index (Phi) is 13.6. The van der Waals surface area contributed by atoms with E-state index in [2.05, 4.69) is 0 Å². The van der Waals surface area contributed by atoms with E-state index in [4.69, 9.17) is 41.9 Å². The summed E-state index contributed by atoms with van der Waals surface area (Å²) in [4.78, 5) is 0. The molecular weight excluding hydrogens is 444 g/mol. The molecule has 0 aromatic carbocycles. The third-order valence-electron chi connectivity index (χ3n) is 5.30. The topological polar surface area (TPSA) is 262 Å². The molecule has 10 atom stereocenters. The first-order valence-electron chi connectivity index (χ1n) is 10.8. The molecule has 5 unspecified atom stereocenters. The summed E-state index contributed by atoms with van der Waals surface area (Å²) in [6.07, 6.45) is -7.15. The Morgan fingerprint density at radius 2 is 1.61 bits per heavy atom. The first-order valence-corrected chi connectivity index (χ1v) is 10.8. The van der Waals surface area contributed by atoms with Gasteiger partial charge in [0, 0.05) is 31.2 Å². The van der Waals surface area contributed by atoms with Gasteiger partial charge in [0.25, 0.3) is 5.95 Å². The van der Waals surface area contributed by atoms with Gasteiger partial charge in [-0.15, -0.1) is 0 Å². The van der Waals surface area contributed by atoms with E-state index >= 15 is 0 Å². The average Bonchev–Trinajstić information content (AvgIpc) is 2.80. The van der Waals surface area contributed by atoms with Crippen molar-refractivity contribution in [3.8, 4) is 0 Å². The minimum atomic E-state index is -1.29. The van der Waals surface area contributed by atoms with Crippen molar-refractivity contribution in [1.29, 1.82) is 0 Å². The fraction of sp³-hybridized carbons (Fsp3) is 0.895. The highest BCUT2D eigenvalue weighted by molar-refractivity contribution is 5.03. The van der Waals surface area contributed by atoms with Crippen LogP contribution >= 0.6 is 0 Å². The molecule has 0 fully saturated rings. The van der Waals surface area contributed by atoms with E-state index < -0.39 is 80.9 Å². The second-order valence-corrected chi connectivity index (χ2v) is 7.87. The van der Waals surface area contributed by atoms with Crippen LogP contribution < -0.4 is 22.9 Å². The van der Waals surface area contributed by atoms with Crippen LogP contribution in [0.1, 0.15) is 13.3 Å². The first-order chi connectivity index (χ1) is 15.6. The van der Waals surface area contributed by atoms with Crippen molar-refractivity contribution in [1.82, 2.24) is 0 Å². The molecule has 1 aliphatic heterocycles. The summed E-state index contributed by atoms with van der Waals surface area (Å²) in [5.41, 5.74) is 23.1. The van der Waals surface area contributed by atoms with E-state index in [1.165, 1.54) is 6.08 Å². The number of hydrogen-bond acceptors (Lipinski definition) is 14.